The van der Waals surface area contributed by atoms with Crippen molar-refractivity contribution in [2.24, 2.45) is 0 Å². The Hall–Kier alpha value is -1.39. The Morgan fingerprint density at radius 3 is 2.65 bits per heavy atom. The lowest BCUT2D eigenvalue weighted by Crippen LogP contribution is -2.34. The summed E-state index contributed by atoms with van der Waals surface area (Å²) in [7, 11) is 3.69. The number of carbonyl (C=O) groups is 1. The number of benzene rings is 1. The lowest BCUT2D eigenvalue weighted by molar-refractivity contribution is 0.0947. The van der Waals surface area contributed by atoms with E-state index in [-0.39, 0.29) is 5.91 Å². The SMILES string of the molecule is COCCN(C)CCNC(=O)c1ccccc1. The molecular weight excluding hydrogens is 216 g/mol. The van der Waals surface area contributed by atoms with Crippen LogP contribution in [0.3, 0.4) is 0 Å². The molecule has 0 fully saturated rings. The summed E-state index contributed by atoms with van der Waals surface area (Å²) in [5.74, 6) is -0.0225. The molecule has 1 amide bonds. The van der Waals surface area contributed by atoms with Gasteiger partial charge < -0.3 is 15.0 Å². The highest BCUT2D eigenvalue weighted by molar-refractivity contribution is 5.94. The molecule has 0 bridgehead atoms. The molecule has 0 saturated carbocycles. The van der Waals surface area contributed by atoms with Gasteiger partial charge in [-0.3, -0.25) is 4.79 Å². The number of amides is 1. The largest absolute Gasteiger partial charge is 0.383 e. The van der Waals surface area contributed by atoms with E-state index in [2.05, 4.69) is 10.2 Å². The summed E-state index contributed by atoms with van der Waals surface area (Å²) in [5, 5.41) is 2.88. The van der Waals surface area contributed by atoms with E-state index in [4.69, 9.17) is 4.74 Å². The molecule has 0 heterocycles. The van der Waals surface area contributed by atoms with Gasteiger partial charge in [0, 0.05) is 32.3 Å². The number of nitrogens with one attached hydrogen (secondary N) is 1. The third-order valence-corrected chi connectivity index (χ3v) is 2.49. The van der Waals surface area contributed by atoms with Crippen molar-refractivity contribution in [1.29, 1.82) is 0 Å². The molecule has 0 aliphatic rings. The summed E-state index contributed by atoms with van der Waals surface area (Å²) < 4.78 is 4.98. The molecule has 0 atom stereocenters. The van der Waals surface area contributed by atoms with E-state index < -0.39 is 0 Å². The first-order valence-corrected chi connectivity index (χ1v) is 5.74. The minimum Gasteiger partial charge on any atom is -0.383 e. The monoisotopic (exact) mass is 236 g/mol. The Balaban J connectivity index is 2.21. The first-order valence-electron chi connectivity index (χ1n) is 5.74. The fourth-order valence-corrected chi connectivity index (χ4v) is 1.41. The number of ether oxygens (including phenoxy) is 1. The van der Waals surface area contributed by atoms with Gasteiger partial charge >= 0.3 is 0 Å². The molecule has 0 aliphatic carbocycles. The Bertz CT molecular complexity index is 327. The van der Waals surface area contributed by atoms with Gasteiger partial charge in [0.2, 0.25) is 0 Å². The summed E-state index contributed by atoms with van der Waals surface area (Å²) in [6, 6.07) is 9.24. The quantitative estimate of drug-likeness (QED) is 0.767. The number of methoxy groups -OCH3 is 1. The van der Waals surface area contributed by atoms with E-state index in [1.54, 1.807) is 7.11 Å². The molecule has 94 valence electrons. The summed E-state index contributed by atoms with van der Waals surface area (Å²) in [5.41, 5.74) is 0.701. The molecule has 0 radical (unpaired) electrons. The molecule has 4 nitrogen and oxygen atoms in total. The lowest BCUT2D eigenvalue weighted by Gasteiger charge is -2.16. The Morgan fingerprint density at radius 1 is 1.29 bits per heavy atom. The van der Waals surface area contributed by atoms with Crippen molar-refractivity contribution in [2.75, 3.05) is 40.4 Å². The molecule has 4 heteroatoms. The smallest absolute Gasteiger partial charge is 0.251 e. The van der Waals surface area contributed by atoms with Gasteiger partial charge in [0.05, 0.1) is 6.61 Å². The van der Waals surface area contributed by atoms with E-state index in [0.29, 0.717) is 18.7 Å². The number of likely N-dealkylation sites (N-methyl/N-ethyl adjacent to an activating group) is 1. The average Bonchev–Trinajstić information content (AvgIpc) is 2.37. The molecule has 1 aromatic carbocycles. The zero-order valence-corrected chi connectivity index (χ0v) is 10.5. The fourth-order valence-electron chi connectivity index (χ4n) is 1.41. The van der Waals surface area contributed by atoms with Crippen molar-refractivity contribution < 1.29 is 9.53 Å². The third kappa shape index (κ3) is 5.47. The van der Waals surface area contributed by atoms with Crippen molar-refractivity contribution in [1.82, 2.24) is 10.2 Å². The minimum atomic E-state index is -0.0225. The average molecular weight is 236 g/mol. The molecule has 0 aromatic heterocycles. The number of hydrogen-bond donors (Lipinski definition) is 1. The Labute approximate surface area is 103 Å². The highest BCUT2D eigenvalue weighted by Crippen LogP contribution is 1.97. The molecule has 0 aliphatic heterocycles. The summed E-state index contributed by atoms with van der Waals surface area (Å²) in [4.78, 5) is 13.8. The number of rotatable bonds is 7. The van der Waals surface area contributed by atoms with Gasteiger partial charge in [0.25, 0.3) is 5.91 Å². The second-order valence-corrected chi connectivity index (χ2v) is 3.92. The van der Waals surface area contributed by atoms with Crippen molar-refractivity contribution in [2.45, 2.75) is 0 Å². The van der Waals surface area contributed by atoms with Gasteiger partial charge in [-0.25, -0.2) is 0 Å². The lowest BCUT2D eigenvalue weighted by atomic mass is 10.2. The van der Waals surface area contributed by atoms with Crippen LogP contribution in [0.25, 0.3) is 0 Å². The molecule has 1 N–H and O–H groups in total. The van der Waals surface area contributed by atoms with Crippen molar-refractivity contribution >= 4 is 5.91 Å². The Morgan fingerprint density at radius 2 is 2.00 bits per heavy atom. The van der Waals surface area contributed by atoms with Gasteiger partial charge in [-0.15, -0.1) is 0 Å². The van der Waals surface area contributed by atoms with Gasteiger partial charge in [-0.2, -0.15) is 0 Å². The van der Waals surface area contributed by atoms with Crippen LogP contribution in [0.1, 0.15) is 10.4 Å². The predicted octanol–water partition coefficient (Wildman–Crippen LogP) is 0.995. The van der Waals surface area contributed by atoms with Crippen LogP contribution < -0.4 is 5.32 Å². The highest BCUT2D eigenvalue weighted by atomic mass is 16.5. The molecule has 0 unspecified atom stereocenters. The fraction of sp³-hybridized carbons (Fsp3) is 0.462. The summed E-state index contributed by atoms with van der Waals surface area (Å²) in [6.07, 6.45) is 0. The number of hydrogen-bond acceptors (Lipinski definition) is 3. The summed E-state index contributed by atoms with van der Waals surface area (Å²) >= 11 is 0. The van der Waals surface area contributed by atoms with Gasteiger partial charge in [0.15, 0.2) is 0 Å². The highest BCUT2D eigenvalue weighted by Gasteiger charge is 2.04. The second kappa shape index (κ2) is 7.81. The van der Waals surface area contributed by atoms with E-state index in [9.17, 15) is 4.79 Å². The molecule has 0 spiro atoms. The molecule has 0 saturated heterocycles. The predicted molar refractivity (Wildman–Crippen MR) is 68.1 cm³/mol. The number of nitrogens with zero attached hydrogens (tertiary/aromatic N) is 1. The van der Waals surface area contributed by atoms with Crippen LogP contribution in [0, 0.1) is 0 Å². The molecule has 17 heavy (non-hydrogen) atoms. The molecular formula is C13H20N2O2. The standard InChI is InChI=1S/C13H20N2O2/c1-15(10-11-17-2)9-8-14-13(16)12-6-4-3-5-7-12/h3-7H,8-11H2,1-2H3,(H,14,16). The number of carbonyl (C=O) groups excluding carboxylic acids is 1. The maximum absolute atomic E-state index is 11.7. The first kappa shape index (κ1) is 13.7. The van der Waals surface area contributed by atoms with Crippen LogP contribution in [-0.4, -0.2) is 51.2 Å². The third-order valence-electron chi connectivity index (χ3n) is 2.49. The van der Waals surface area contributed by atoms with Crippen LogP contribution >= 0.6 is 0 Å². The molecule has 1 aromatic rings. The normalized spacial score (nSPS) is 10.5. The summed E-state index contributed by atoms with van der Waals surface area (Å²) in [6.45, 7) is 3.05. The van der Waals surface area contributed by atoms with Crippen molar-refractivity contribution in [3.8, 4) is 0 Å². The zero-order chi connectivity index (χ0) is 12.5. The van der Waals surface area contributed by atoms with Crippen LogP contribution in [-0.2, 0) is 4.74 Å². The molecule has 1 rings (SSSR count). The van der Waals surface area contributed by atoms with E-state index in [1.165, 1.54) is 0 Å². The van der Waals surface area contributed by atoms with Crippen molar-refractivity contribution in [3.63, 3.8) is 0 Å². The van der Waals surface area contributed by atoms with E-state index in [0.717, 1.165) is 13.1 Å². The van der Waals surface area contributed by atoms with Gasteiger partial charge in [-0.05, 0) is 19.2 Å². The second-order valence-electron chi connectivity index (χ2n) is 3.92. The zero-order valence-electron chi connectivity index (χ0n) is 10.5. The van der Waals surface area contributed by atoms with Crippen LogP contribution in [0.5, 0.6) is 0 Å². The maximum atomic E-state index is 11.7. The van der Waals surface area contributed by atoms with Gasteiger partial charge in [0.1, 0.15) is 0 Å². The van der Waals surface area contributed by atoms with Crippen molar-refractivity contribution in [3.05, 3.63) is 35.9 Å². The first-order chi connectivity index (χ1) is 8.24. The van der Waals surface area contributed by atoms with Crippen LogP contribution in [0.2, 0.25) is 0 Å². The minimum absolute atomic E-state index is 0.0225. The van der Waals surface area contributed by atoms with Crippen LogP contribution in [0.15, 0.2) is 30.3 Å². The Kier molecular flexibility index (Phi) is 6.29. The van der Waals surface area contributed by atoms with E-state index in [1.807, 2.05) is 37.4 Å². The maximum Gasteiger partial charge on any atom is 0.251 e. The van der Waals surface area contributed by atoms with E-state index >= 15 is 0 Å². The van der Waals surface area contributed by atoms with Crippen LogP contribution in [0.4, 0.5) is 0 Å². The van der Waals surface area contributed by atoms with Gasteiger partial charge in [-0.1, -0.05) is 18.2 Å². The topological polar surface area (TPSA) is 41.6 Å².